The highest BCUT2D eigenvalue weighted by atomic mass is 32.1. The van der Waals surface area contributed by atoms with Gasteiger partial charge in [0.15, 0.2) is 0 Å². The van der Waals surface area contributed by atoms with E-state index in [4.69, 9.17) is 4.74 Å². The molecule has 3 rings (SSSR count). The number of nitrogens with zero attached hydrogens (tertiary/aromatic N) is 1. The lowest BCUT2D eigenvalue weighted by Gasteiger charge is -2.20. The molecular formula is C16H18N2O2S. The Kier molecular flexibility index (Phi) is 4.62. The van der Waals surface area contributed by atoms with Crippen molar-refractivity contribution in [3.63, 3.8) is 0 Å². The minimum Gasteiger partial charge on any atom is -0.381 e. The lowest BCUT2D eigenvalue weighted by molar-refractivity contribution is -0.125. The zero-order chi connectivity index (χ0) is 14.5. The van der Waals surface area contributed by atoms with Gasteiger partial charge in [0, 0.05) is 19.0 Å². The van der Waals surface area contributed by atoms with Crippen LogP contribution in [0.3, 0.4) is 0 Å². The third kappa shape index (κ3) is 3.68. The van der Waals surface area contributed by atoms with E-state index in [1.54, 1.807) is 17.5 Å². The fourth-order valence-electron chi connectivity index (χ4n) is 2.51. The number of rotatable bonds is 5. The summed E-state index contributed by atoms with van der Waals surface area (Å²) in [6, 6.07) is 5.97. The summed E-state index contributed by atoms with van der Waals surface area (Å²) in [6.45, 7) is 1.21. The van der Waals surface area contributed by atoms with Gasteiger partial charge >= 0.3 is 0 Å². The Morgan fingerprint density at radius 2 is 2.48 bits per heavy atom. The maximum Gasteiger partial charge on any atom is 0.226 e. The number of ether oxygens (including phenoxy) is 1. The molecule has 0 aromatic carbocycles. The van der Waals surface area contributed by atoms with E-state index in [-0.39, 0.29) is 17.9 Å². The van der Waals surface area contributed by atoms with Crippen LogP contribution in [0, 0.1) is 5.92 Å². The molecule has 3 heterocycles. The van der Waals surface area contributed by atoms with Crippen molar-refractivity contribution in [3.05, 3.63) is 52.5 Å². The fourth-order valence-corrected chi connectivity index (χ4v) is 3.19. The van der Waals surface area contributed by atoms with E-state index in [1.807, 2.05) is 18.3 Å². The summed E-state index contributed by atoms with van der Waals surface area (Å²) in [5.41, 5.74) is 2.27. The minimum absolute atomic E-state index is 0.0216. The summed E-state index contributed by atoms with van der Waals surface area (Å²) in [5.74, 6) is 0.0585. The number of hydrogen-bond acceptors (Lipinski definition) is 4. The molecule has 0 saturated carbocycles. The first kappa shape index (κ1) is 14.2. The van der Waals surface area contributed by atoms with E-state index >= 15 is 0 Å². The molecule has 2 aromatic heterocycles. The molecule has 1 aliphatic rings. The van der Waals surface area contributed by atoms with Crippen LogP contribution in [-0.4, -0.2) is 24.1 Å². The summed E-state index contributed by atoms with van der Waals surface area (Å²) in [4.78, 5) is 16.5. The van der Waals surface area contributed by atoms with Crippen molar-refractivity contribution in [1.82, 2.24) is 10.3 Å². The Morgan fingerprint density at radius 1 is 1.52 bits per heavy atom. The molecule has 4 nitrogen and oxygen atoms in total. The smallest absolute Gasteiger partial charge is 0.226 e. The van der Waals surface area contributed by atoms with Crippen molar-refractivity contribution in [2.24, 2.45) is 5.92 Å². The number of thiophene rings is 1. The largest absolute Gasteiger partial charge is 0.381 e. The summed E-state index contributed by atoms with van der Waals surface area (Å²) >= 11 is 1.67. The number of aromatic nitrogens is 1. The van der Waals surface area contributed by atoms with E-state index in [1.165, 1.54) is 5.56 Å². The van der Waals surface area contributed by atoms with Gasteiger partial charge < -0.3 is 10.1 Å². The van der Waals surface area contributed by atoms with E-state index < -0.39 is 0 Å². The van der Waals surface area contributed by atoms with Crippen molar-refractivity contribution in [2.75, 3.05) is 13.2 Å². The molecule has 1 N–H and O–H groups in total. The van der Waals surface area contributed by atoms with E-state index in [0.717, 1.165) is 18.4 Å². The van der Waals surface area contributed by atoms with Crippen LogP contribution in [0.5, 0.6) is 0 Å². The normalized spacial score (nSPS) is 19.3. The molecule has 0 spiro atoms. The Balaban J connectivity index is 1.73. The predicted molar refractivity (Wildman–Crippen MR) is 82.1 cm³/mol. The van der Waals surface area contributed by atoms with Crippen LogP contribution >= 0.6 is 11.3 Å². The van der Waals surface area contributed by atoms with Crippen LogP contribution in [0.15, 0.2) is 41.4 Å². The average Bonchev–Trinajstić information content (AvgIpc) is 3.21. The van der Waals surface area contributed by atoms with Gasteiger partial charge in [-0.2, -0.15) is 11.3 Å². The van der Waals surface area contributed by atoms with Crippen LogP contribution in [0.1, 0.15) is 23.6 Å². The molecule has 1 saturated heterocycles. The molecule has 1 aliphatic heterocycles. The molecular weight excluding hydrogens is 284 g/mol. The monoisotopic (exact) mass is 302 g/mol. The third-order valence-corrected chi connectivity index (χ3v) is 4.46. The Labute approximate surface area is 128 Å². The zero-order valence-electron chi connectivity index (χ0n) is 11.7. The standard InChI is InChI=1S/C16H18N2O2S/c19-16(14-3-6-20-10-14)18-15(8-12-4-7-21-11-12)13-2-1-5-17-9-13/h1-2,4-5,7,9,11,14-15H,3,6,8,10H2,(H,18,19). The second-order valence-electron chi connectivity index (χ2n) is 5.24. The summed E-state index contributed by atoms with van der Waals surface area (Å²) in [5, 5.41) is 7.34. The molecule has 5 heteroatoms. The van der Waals surface area contributed by atoms with Gasteiger partial charge in [-0.15, -0.1) is 0 Å². The maximum absolute atomic E-state index is 12.3. The Bertz CT molecular complexity index is 565. The highest BCUT2D eigenvalue weighted by Crippen LogP contribution is 2.21. The van der Waals surface area contributed by atoms with Crippen molar-refractivity contribution < 1.29 is 9.53 Å². The molecule has 1 fully saturated rings. The van der Waals surface area contributed by atoms with Crippen molar-refractivity contribution >= 4 is 17.2 Å². The number of amides is 1. The number of carbonyl (C=O) groups excluding carboxylic acids is 1. The molecule has 0 radical (unpaired) electrons. The molecule has 2 unspecified atom stereocenters. The highest BCUT2D eigenvalue weighted by Gasteiger charge is 2.26. The van der Waals surface area contributed by atoms with E-state index in [9.17, 15) is 4.79 Å². The number of hydrogen-bond donors (Lipinski definition) is 1. The zero-order valence-corrected chi connectivity index (χ0v) is 12.5. The van der Waals surface area contributed by atoms with Gasteiger partial charge in [0.05, 0.1) is 18.6 Å². The number of carbonyl (C=O) groups is 1. The van der Waals surface area contributed by atoms with Gasteiger partial charge in [-0.05, 0) is 46.9 Å². The van der Waals surface area contributed by atoms with Gasteiger partial charge in [0.1, 0.15) is 0 Å². The molecule has 21 heavy (non-hydrogen) atoms. The summed E-state index contributed by atoms with van der Waals surface area (Å²) in [6.07, 6.45) is 5.17. The summed E-state index contributed by atoms with van der Waals surface area (Å²) < 4.78 is 5.30. The lowest BCUT2D eigenvalue weighted by atomic mass is 10.0. The van der Waals surface area contributed by atoms with Gasteiger partial charge in [0.2, 0.25) is 5.91 Å². The van der Waals surface area contributed by atoms with Crippen molar-refractivity contribution in [3.8, 4) is 0 Å². The molecule has 1 amide bonds. The van der Waals surface area contributed by atoms with Crippen molar-refractivity contribution in [1.29, 1.82) is 0 Å². The fraction of sp³-hybridized carbons (Fsp3) is 0.375. The van der Waals surface area contributed by atoms with Gasteiger partial charge in [0.25, 0.3) is 0 Å². The molecule has 0 aliphatic carbocycles. The van der Waals surface area contributed by atoms with E-state index in [0.29, 0.717) is 13.2 Å². The molecule has 2 atom stereocenters. The number of nitrogens with one attached hydrogen (secondary N) is 1. The highest BCUT2D eigenvalue weighted by molar-refractivity contribution is 7.07. The predicted octanol–water partition coefficient (Wildman–Crippen LogP) is 2.58. The van der Waals surface area contributed by atoms with Gasteiger partial charge in [-0.1, -0.05) is 6.07 Å². The Hall–Kier alpha value is -1.72. The molecule has 0 bridgehead atoms. The van der Waals surface area contributed by atoms with Crippen LogP contribution < -0.4 is 5.32 Å². The first-order chi connectivity index (χ1) is 10.3. The number of pyridine rings is 1. The Morgan fingerprint density at radius 3 is 3.14 bits per heavy atom. The lowest BCUT2D eigenvalue weighted by Crippen LogP contribution is -2.35. The third-order valence-electron chi connectivity index (χ3n) is 3.72. The molecule has 2 aromatic rings. The average molecular weight is 302 g/mol. The van der Waals surface area contributed by atoms with Crippen LogP contribution in [0.2, 0.25) is 0 Å². The van der Waals surface area contributed by atoms with Gasteiger partial charge in [-0.25, -0.2) is 0 Å². The second-order valence-corrected chi connectivity index (χ2v) is 6.02. The SMILES string of the molecule is O=C(NC(Cc1ccsc1)c1cccnc1)C1CCOC1. The molecule has 110 valence electrons. The van der Waals surface area contributed by atoms with Crippen LogP contribution in [0.25, 0.3) is 0 Å². The quantitative estimate of drug-likeness (QED) is 0.923. The van der Waals surface area contributed by atoms with E-state index in [2.05, 4.69) is 27.1 Å². The topological polar surface area (TPSA) is 51.2 Å². The maximum atomic E-state index is 12.3. The van der Waals surface area contributed by atoms with Crippen molar-refractivity contribution in [2.45, 2.75) is 18.9 Å². The second kappa shape index (κ2) is 6.83. The van der Waals surface area contributed by atoms with Crippen LogP contribution in [-0.2, 0) is 16.0 Å². The first-order valence-electron chi connectivity index (χ1n) is 7.12. The first-order valence-corrected chi connectivity index (χ1v) is 8.06. The van der Waals surface area contributed by atoms with Gasteiger partial charge in [-0.3, -0.25) is 9.78 Å². The minimum atomic E-state index is -0.0404. The van der Waals surface area contributed by atoms with Crippen LogP contribution in [0.4, 0.5) is 0 Å². The summed E-state index contributed by atoms with van der Waals surface area (Å²) in [7, 11) is 0.